The Labute approximate surface area is 127 Å². The molecule has 0 aromatic heterocycles. The van der Waals surface area contributed by atoms with Crippen molar-refractivity contribution in [1.82, 2.24) is 9.80 Å². The van der Waals surface area contributed by atoms with E-state index < -0.39 is 0 Å². The molecule has 2 saturated heterocycles. The van der Waals surface area contributed by atoms with Crippen LogP contribution < -0.4 is 0 Å². The van der Waals surface area contributed by atoms with E-state index in [4.69, 9.17) is 0 Å². The topological polar surface area (TPSA) is 23.6 Å². The predicted octanol–water partition coefficient (Wildman–Crippen LogP) is 2.61. The van der Waals surface area contributed by atoms with Gasteiger partial charge in [0.2, 0.25) is 5.91 Å². The van der Waals surface area contributed by atoms with Crippen molar-refractivity contribution in [2.24, 2.45) is 5.92 Å². The molecule has 3 nitrogen and oxygen atoms in total. The summed E-state index contributed by atoms with van der Waals surface area (Å²) in [6.45, 7) is 4.26. The lowest BCUT2D eigenvalue weighted by molar-refractivity contribution is -0.136. The minimum absolute atomic E-state index is 0.345. The first-order valence-electron chi connectivity index (χ1n) is 8.45. The molecule has 3 rings (SSSR count). The molecule has 0 radical (unpaired) electrons. The lowest BCUT2D eigenvalue weighted by atomic mass is 9.88. The molecule has 2 aliphatic heterocycles. The molecule has 2 heterocycles. The number of amides is 1. The molecule has 3 fully saturated rings. The standard InChI is InChI=1S/C16H28N2OS/c19-16(14-5-2-1-3-6-14)18-9-4-8-17(10-11-18)15-7-12-20-13-15/h14-15H,1-13H2. The summed E-state index contributed by atoms with van der Waals surface area (Å²) in [6, 6.07) is 0.782. The van der Waals surface area contributed by atoms with Crippen molar-refractivity contribution >= 4 is 17.7 Å². The van der Waals surface area contributed by atoms with Crippen LogP contribution in [0.25, 0.3) is 0 Å². The quantitative estimate of drug-likeness (QED) is 0.782. The zero-order valence-electron chi connectivity index (χ0n) is 12.6. The number of nitrogens with zero attached hydrogens (tertiary/aromatic N) is 2. The van der Waals surface area contributed by atoms with Crippen LogP contribution in [0.4, 0.5) is 0 Å². The zero-order valence-corrected chi connectivity index (χ0v) is 13.4. The van der Waals surface area contributed by atoms with Crippen LogP contribution in [-0.4, -0.2) is 59.4 Å². The fourth-order valence-corrected chi connectivity index (χ4v) is 5.20. The maximum absolute atomic E-state index is 12.6. The van der Waals surface area contributed by atoms with Crippen LogP contribution in [0.15, 0.2) is 0 Å². The molecule has 4 heteroatoms. The Morgan fingerprint density at radius 1 is 0.900 bits per heavy atom. The highest BCUT2D eigenvalue weighted by atomic mass is 32.2. The Morgan fingerprint density at radius 2 is 1.75 bits per heavy atom. The average Bonchev–Trinajstić information content (AvgIpc) is 2.92. The van der Waals surface area contributed by atoms with Crippen LogP contribution in [0.3, 0.4) is 0 Å². The Morgan fingerprint density at radius 3 is 2.50 bits per heavy atom. The van der Waals surface area contributed by atoms with Gasteiger partial charge in [0.05, 0.1) is 0 Å². The Bertz CT molecular complexity index is 324. The molecule has 1 saturated carbocycles. The summed E-state index contributed by atoms with van der Waals surface area (Å²) < 4.78 is 0. The maximum atomic E-state index is 12.6. The van der Waals surface area contributed by atoms with Gasteiger partial charge in [0.1, 0.15) is 0 Å². The number of hydrogen-bond donors (Lipinski definition) is 0. The molecule has 0 spiro atoms. The summed E-state index contributed by atoms with van der Waals surface area (Å²) >= 11 is 2.09. The second kappa shape index (κ2) is 7.17. The van der Waals surface area contributed by atoms with Crippen LogP contribution in [0.1, 0.15) is 44.9 Å². The summed E-state index contributed by atoms with van der Waals surface area (Å²) in [7, 11) is 0. The van der Waals surface area contributed by atoms with Crippen molar-refractivity contribution in [3.8, 4) is 0 Å². The van der Waals surface area contributed by atoms with Crippen molar-refractivity contribution in [1.29, 1.82) is 0 Å². The second-order valence-electron chi connectivity index (χ2n) is 6.57. The first-order chi connectivity index (χ1) is 9.84. The minimum Gasteiger partial charge on any atom is -0.341 e. The third kappa shape index (κ3) is 3.51. The first-order valence-corrected chi connectivity index (χ1v) is 9.60. The molecule has 0 aromatic carbocycles. The Hall–Kier alpha value is -0.220. The van der Waals surface area contributed by atoms with E-state index in [1.807, 2.05) is 0 Å². The van der Waals surface area contributed by atoms with Gasteiger partial charge >= 0.3 is 0 Å². The molecule has 1 atom stereocenters. The van der Waals surface area contributed by atoms with E-state index in [1.165, 1.54) is 50.2 Å². The summed E-state index contributed by atoms with van der Waals surface area (Å²) in [6.07, 6.45) is 8.64. The van der Waals surface area contributed by atoms with E-state index in [0.717, 1.165) is 38.5 Å². The van der Waals surface area contributed by atoms with Crippen molar-refractivity contribution in [3.05, 3.63) is 0 Å². The molecule has 3 aliphatic rings. The molecule has 0 N–H and O–H groups in total. The normalized spacial score (nSPS) is 30.4. The van der Waals surface area contributed by atoms with E-state index in [-0.39, 0.29) is 0 Å². The van der Waals surface area contributed by atoms with Gasteiger partial charge < -0.3 is 4.90 Å². The molecule has 1 amide bonds. The highest BCUT2D eigenvalue weighted by Crippen LogP contribution is 2.27. The molecule has 20 heavy (non-hydrogen) atoms. The van der Waals surface area contributed by atoms with Gasteiger partial charge in [0, 0.05) is 43.9 Å². The van der Waals surface area contributed by atoms with E-state index >= 15 is 0 Å². The fraction of sp³-hybridized carbons (Fsp3) is 0.938. The lowest BCUT2D eigenvalue weighted by Crippen LogP contribution is -2.41. The van der Waals surface area contributed by atoms with Crippen LogP contribution in [0.5, 0.6) is 0 Å². The summed E-state index contributed by atoms with van der Waals surface area (Å²) in [5, 5.41) is 0. The van der Waals surface area contributed by atoms with E-state index in [9.17, 15) is 4.79 Å². The molecular formula is C16H28N2OS. The molecule has 1 unspecified atom stereocenters. The maximum Gasteiger partial charge on any atom is 0.225 e. The number of carbonyl (C=O) groups is 1. The monoisotopic (exact) mass is 296 g/mol. The van der Waals surface area contributed by atoms with Crippen LogP contribution in [0, 0.1) is 5.92 Å². The van der Waals surface area contributed by atoms with Gasteiger partial charge in [-0.25, -0.2) is 0 Å². The lowest BCUT2D eigenvalue weighted by Gasteiger charge is -2.29. The van der Waals surface area contributed by atoms with E-state index in [0.29, 0.717) is 11.8 Å². The van der Waals surface area contributed by atoms with Crippen molar-refractivity contribution in [2.75, 3.05) is 37.7 Å². The molecule has 114 valence electrons. The number of thioether (sulfide) groups is 1. The average molecular weight is 296 g/mol. The molecule has 1 aliphatic carbocycles. The number of hydrogen-bond acceptors (Lipinski definition) is 3. The summed E-state index contributed by atoms with van der Waals surface area (Å²) in [4.78, 5) is 17.5. The first kappa shape index (κ1) is 14.7. The van der Waals surface area contributed by atoms with Crippen LogP contribution >= 0.6 is 11.8 Å². The second-order valence-corrected chi connectivity index (χ2v) is 7.72. The Balaban J connectivity index is 1.52. The molecule has 0 aromatic rings. The van der Waals surface area contributed by atoms with Gasteiger partial charge in [0.25, 0.3) is 0 Å². The highest BCUT2D eigenvalue weighted by Gasteiger charge is 2.29. The molecule has 0 bridgehead atoms. The van der Waals surface area contributed by atoms with Crippen molar-refractivity contribution < 1.29 is 4.79 Å². The molecular weight excluding hydrogens is 268 g/mol. The summed E-state index contributed by atoms with van der Waals surface area (Å²) in [5.41, 5.74) is 0. The third-order valence-electron chi connectivity index (χ3n) is 5.22. The van der Waals surface area contributed by atoms with Gasteiger partial charge in [-0.1, -0.05) is 19.3 Å². The number of carbonyl (C=O) groups excluding carboxylic acids is 1. The minimum atomic E-state index is 0.345. The third-order valence-corrected chi connectivity index (χ3v) is 6.36. The number of rotatable bonds is 2. The van der Waals surface area contributed by atoms with Crippen LogP contribution in [0.2, 0.25) is 0 Å². The van der Waals surface area contributed by atoms with Crippen molar-refractivity contribution in [3.63, 3.8) is 0 Å². The predicted molar refractivity (Wildman–Crippen MR) is 85.1 cm³/mol. The highest BCUT2D eigenvalue weighted by molar-refractivity contribution is 7.99. The van der Waals surface area contributed by atoms with Gasteiger partial charge in [-0.15, -0.1) is 0 Å². The smallest absolute Gasteiger partial charge is 0.225 e. The summed E-state index contributed by atoms with van der Waals surface area (Å²) in [5.74, 6) is 3.44. The van der Waals surface area contributed by atoms with Gasteiger partial charge in [-0.3, -0.25) is 9.69 Å². The zero-order chi connectivity index (χ0) is 13.8. The SMILES string of the molecule is O=C(C1CCCCC1)N1CCCN(C2CCSC2)CC1. The fourth-order valence-electron chi connectivity index (χ4n) is 3.94. The van der Waals surface area contributed by atoms with Gasteiger partial charge in [-0.05, 0) is 31.4 Å². The Kier molecular flexibility index (Phi) is 5.27. The van der Waals surface area contributed by atoms with Crippen LogP contribution in [-0.2, 0) is 4.79 Å². The van der Waals surface area contributed by atoms with E-state index in [1.54, 1.807) is 0 Å². The van der Waals surface area contributed by atoms with Gasteiger partial charge in [0.15, 0.2) is 0 Å². The van der Waals surface area contributed by atoms with E-state index in [2.05, 4.69) is 21.6 Å². The largest absolute Gasteiger partial charge is 0.341 e. The van der Waals surface area contributed by atoms with Crippen molar-refractivity contribution in [2.45, 2.75) is 51.0 Å². The van der Waals surface area contributed by atoms with Gasteiger partial charge in [-0.2, -0.15) is 11.8 Å².